The summed E-state index contributed by atoms with van der Waals surface area (Å²) in [6.07, 6.45) is 3.35. The number of amides is 1. The van der Waals surface area contributed by atoms with Gasteiger partial charge in [-0.1, -0.05) is 30.3 Å². The molecule has 4 rings (SSSR count). The Morgan fingerprint density at radius 2 is 1.94 bits per heavy atom. The van der Waals surface area contributed by atoms with Crippen molar-refractivity contribution in [3.63, 3.8) is 0 Å². The second kappa shape index (κ2) is 9.39. The number of aliphatic hydroxyl groups is 1. The van der Waals surface area contributed by atoms with Gasteiger partial charge < -0.3 is 20.3 Å². The molecule has 0 atom stereocenters. The van der Waals surface area contributed by atoms with Gasteiger partial charge in [-0.3, -0.25) is 9.78 Å². The lowest BCUT2D eigenvalue weighted by Gasteiger charge is -2.12. The van der Waals surface area contributed by atoms with Gasteiger partial charge in [0.25, 0.3) is 5.91 Å². The first-order valence-electron chi connectivity index (χ1n) is 10.1. The third-order valence-electron chi connectivity index (χ3n) is 5.14. The lowest BCUT2D eigenvalue weighted by atomic mass is 9.97. The number of para-hydroxylation sites is 1. The van der Waals surface area contributed by atoms with Crippen molar-refractivity contribution in [2.45, 2.75) is 6.54 Å². The van der Waals surface area contributed by atoms with Crippen molar-refractivity contribution in [2.24, 2.45) is 7.05 Å². The summed E-state index contributed by atoms with van der Waals surface area (Å²) < 4.78 is 1.92. The van der Waals surface area contributed by atoms with Crippen LogP contribution in [0.3, 0.4) is 0 Å². The highest BCUT2D eigenvalue weighted by Crippen LogP contribution is 2.33. The summed E-state index contributed by atoms with van der Waals surface area (Å²) in [5.74, 6) is -0.399. The van der Waals surface area contributed by atoms with Crippen LogP contribution in [0.4, 0.5) is 5.69 Å². The highest BCUT2D eigenvalue weighted by atomic mass is 16.3. The van der Waals surface area contributed by atoms with E-state index in [0.29, 0.717) is 29.9 Å². The number of hydrogen-bond donors (Lipinski definition) is 3. The molecule has 0 spiro atoms. The van der Waals surface area contributed by atoms with E-state index in [0.717, 1.165) is 22.2 Å². The summed E-state index contributed by atoms with van der Waals surface area (Å²) in [5, 5.41) is 24.6. The van der Waals surface area contributed by atoms with Gasteiger partial charge >= 0.3 is 0 Å². The quantitative estimate of drug-likeness (QED) is 0.391. The van der Waals surface area contributed by atoms with Crippen LogP contribution >= 0.6 is 0 Å². The number of aliphatic hydroxyl groups excluding tert-OH is 1. The van der Waals surface area contributed by atoms with E-state index in [2.05, 4.69) is 26.7 Å². The standard InChI is InChI=1S/C24H22N6O2/c1-30-15-28-23-18(5-3-7-22(23)30)17-4-2-6-20(19(17)12-25)29-24(32)21-9-8-16(14-27-21)13-26-10-11-31/h2-9,14-15,26,31H,10-11,13H2,1H3,(H,29,32). The van der Waals surface area contributed by atoms with Crippen molar-refractivity contribution in [1.82, 2.24) is 19.9 Å². The third-order valence-corrected chi connectivity index (χ3v) is 5.14. The number of rotatable bonds is 7. The second-order valence-corrected chi connectivity index (χ2v) is 7.27. The SMILES string of the molecule is Cn1cnc2c(-c3cccc(NC(=O)c4ccc(CNCCO)cn4)c3C#N)cccc21. The summed E-state index contributed by atoms with van der Waals surface area (Å²) in [5.41, 5.74) is 5.21. The van der Waals surface area contributed by atoms with E-state index in [1.54, 1.807) is 36.8 Å². The molecule has 0 bridgehead atoms. The Bertz CT molecular complexity index is 1300. The molecule has 2 aromatic carbocycles. The highest BCUT2D eigenvalue weighted by molar-refractivity contribution is 6.05. The number of hydrogen-bond acceptors (Lipinski definition) is 6. The number of nitrogens with zero attached hydrogens (tertiary/aromatic N) is 4. The number of aromatic nitrogens is 3. The number of benzene rings is 2. The molecular formula is C24H22N6O2. The van der Waals surface area contributed by atoms with Crippen molar-refractivity contribution in [1.29, 1.82) is 5.26 Å². The number of carbonyl (C=O) groups is 1. The predicted octanol–water partition coefficient (Wildman–Crippen LogP) is 2.84. The number of nitrogens with one attached hydrogen (secondary N) is 2. The van der Waals surface area contributed by atoms with Gasteiger partial charge in [-0.15, -0.1) is 0 Å². The minimum Gasteiger partial charge on any atom is -0.395 e. The molecule has 4 aromatic rings. The number of pyridine rings is 1. The zero-order valence-corrected chi connectivity index (χ0v) is 17.5. The molecular weight excluding hydrogens is 404 g/mol. The molecule has 32 heavy (non-hydrogen) atoms. The van der Waals surface area contributed by atoms with Crippen LogP contribution in [0, 0.1) is 11.3 Å². The van der Waals surface area contributed by atoms with Crippen molar-refractivity contribution < 1.29 is 9.90 Å². The molecule has 8 heteroatoms. The first-order valence-corrected chi connectivity index (χ1v) is 10.1. The van der Waals surface area contributed by atoms with E-state index in [1.807, 2.05) is 35.9 Å². The Kier molecular flexibility index (Phi) is 6.22. The fourth-order valence-corrected chi connectivity index (χ4v) is 3.54. The number of fused-ring (bicyclic) bond motifs is 1. The smallest absolute Gasteiger partial charge is 0.274 e. The van der Waals surface area contributed by atoms with E-state index >= 15 is 0 Å². The highest BCUT2D eigenvalue weighted by Gasteiger charge is 2.16. The number of anilines is 1. The van der Waals surface area contributed by atoms with Crippen LogP contribution in [0.25, 0.3) is 22.2 Å². The van der Waals surface area contributed by atoms with E-state index in [4.69, 9.17) is 5.11 Å². The predicted molar refractivity (Wildman–Crippen MR) is 122 cm³/mol. The van der Waals surface area contributed by atoms with Crippen LogP contribution in [0.15, 0.2) is 61.1 Å². The number of nitriles is 1. The summed E-state index contributed by atoms with van der Waals surface area (Å²) in [6.45, 7) is 1.10. The second-order valence-electron chi connectivity index (χ2n) is 7.27. The molecule has 0 aliphatic heterocycles. The third kappa shape index (κ3) is 4.21. The van der Waals surface area contributed by atoms with Crippen molar-refractivity contribution in [3.05, 3.63) is 77.9 Å². The van der Waals surface area contributed by atoms with Gasteiger partial charge in [0.1, 0.15) is 11.8 Å². The van der Waals surface area contributed by atoms with E-state index in [1.165, 1.54) is 0 Å². The van der Waals surface area contributed by atoms with Crippen molar-refractivity contribution in [3.8, 4) is 17.2 Å². The van der Waals surface area contributed by atoms with Crippen LogP contribution in [-0.2, 0) is 13.6 Å². The van der Waals surface area contributed by atoms with E-state index < -0.39 is 5.91 Å². The molecule has 2 heterocycles. The van der Waals surface area contributed by atoms with Gasteiger partial charge in [0.2, 0.25) is 0 Å². The van der Waals surface area contributed by atoms with Crippen LogP contribution in [0.2, 0.25) is 0 Å². The largest absolute Gasteiger partial charge is 0.395 e. The molecule has 8 nitrogen and oxygen atoms in total. The monoisotopic (exact) mass is 426 g/mol. The normalized spacial score (nSPS) is 10.8. The Morgan fingerprint density at radius 1 is 1.12 bits per heavy atom. The maximum absolute atomic E-state index is 12.8. The minimum atomic E-state index is -0.399. The maximum atomic E-state index is 12.8. The van der Waals surface area contributed by atoms with Crippen molar-refractivity contribution in [2.75, 3.05) is 18.5 Å². The van der Waals surface area contributed by atoms with Crippen LogP contribution < -0.4 is 10.6 Å². The number of imidazole rings is 1. The molecule has 0 aliphatic rings. The maximum Gasteiger partial charge on any atom is 0.274 e. The van der Waals surface area contributed by atoms with Gasteiger partial charge in [0, 0.05) is 37.5 Å². The molecule has 0 aliphatic carbocycles. The molecule has 160 valence electrons. The van der Waals surface area contributed by atoms with Crippen LogP contribution in [-0.4, -0.2) is 38.7 Å². The van der Waals surface area contributed by atoms with Gasteiger partial charge in [0.05, 0.1) is 35.2 Å². The van der Waals surface area contributed by atoms with Gasteiger partial charge in [-0.2, -0.15) is 5.26 Å². The molecule has 2 aromatic heterocycles. The fraction of sp³-hybridized carbons (Fsp3) is 0.167. The zero-order chi connectivity index (χ0) is 22.5. The zero-order valence-electron chi connectivity index (χ0n) is 17.5. The Labute approximate surface area is 185 Å². The average Bonchev–Trinajstić information content (AvgIpc) is 3.20. The van der Waals surface area contributed by atoms with Crippen molar-refractivity contribution >= 4 is 22.6 Å². The molecule has 3 N–H and O–H groups in total. The number of aryl methyl sites for hydroxylation is 1. The Hall–Kier alpha value is -4.06. The van der Waals surface area contributed by atoms with Crippen LogP contribution in [0.1, 0.15) is 21.6 Å². The summed E-state index contributed by atoms with van der Waals surface area (Å²) in [6, 6.07) is 16.8. The molecule has 1 amide bonds. The Balaban J connectivity index is 1.61. The lowest BCUT2D eigenvalue weighted by molar-refractivity contribution is 0.102. The topological polar surface area (TPSA) is 116 Å². The van der Waals surface area contributed by atoms with Gasteiger partial charge in [0.15, 0.2) is 0 Å². The minimum absolute atomic E-state index is 0.0586. The van der Waals surface area contributed by atoms with E-state index in [9.17, 15) is 10.1 Å². The molecule has 0 saturated carbocycles. The summed E-state index contributed by atoms with van der Waals surface area (Å²) in [7, 11) is 1.92. The van der Waals surface area contributed by atoms with Gasteiger partial charge in [-0.25, -0.2) is 4.98 Å². The van der Waals surface area contributed by atoms with E-state index in [-0.39, 0.29) is 12.3 Å². The Morgan fingerprint density at radius 3 is 2.69 bits per heavy atom. The first-order chi connectivity index (χ1) is 15.6. The first kappa shape index (κ1) is 21.2. The molecule has 0 fully saturated rings. The van der Waals surface area contributed by atoms with Gasteiger partial charge in [-0.05, 0) is 23.8 Å². The average molecular weight is 426 g/mol. The molecule has 0 unspecified atom stereocenters. The summed E-state index contributed by atoms with van der Waals surface area (Å²) in [4.78, 5) is 21.5. The molecule has 0 saturated heterocycles. The molecule has 0 radical (unpaired) electrons. The lowest BCUT2D eigenvalue weighted by Crippen LogP contribution is -2.18. The fourth-order valence-electron chi connectivity index (χ4n) is 3.54. The number of carbonyl (C=O) groups excluding carboxylic acids is 1. The summed E-state index contributed by atoms with van der Waals surface area (Å²) >= 11 is 0. The van der Waals surface area contributed by atoms with Crippen LogP contribution in [0.5, 0.6) is 0 Å².